The molecule has 0 saturated heterocycles. The van der Waals surface area contributed by atoms with Crippen molar-refractivity contribution in [3.8, 4) is 5.75 Å². The van der Waals surface area contributed by atoms with E-state index in [0.29, 0.717) is 0 Å². The topological polar surface area (TPSA) is 21.3 Å². The van der Waals surface area contributed by atoms with Crippen LogP contribution in [0.15, 0.2) is 36.9 Å². The van der Waals surface area contributed by atoms with Gasteiger partial charge >= 0.3 is 0 Å². The molecule has 1 aromatic carbocycles. The maximum absolute atomic E-state index is 5.69. The molecule has 0 saturated carbocycles. The lowest BCUT2D eigenvalue weighted by atomic mass is 9.87. The van der Waals surface area contributed by atoms with E-state index in [-0.39, 0.29) is 5.41 Å². The fourth-order valence-corrected chi connectivity index (χ4v) is 1.64. The lowest BCUT2D eigenvalue weighted by Gasteiger charge is -2.19. The van der Waals surface area contributed by atoms with Crippen molar-refractivity contribution < 1.29 is 4.74 Å². The number of ether oxygens (including phenoxy) is 1. The molecule has 1 N–H and O–H groups in total. The Morgan fingerprint density at radius 3 is 2.44 bits per heavy atom. The van der Waals surface area contributed by atoms with Crippen LogP contribution in [0.25, 0.3) is 0 Å². The molecule has 0 amide bonds. The molecule has 18 heavy (non-hydrogen) atoms. The van der Waals surface area contributed by atoms with Gasteiger partial charge in [0.05, 0.1) is 6.61 Å². The summed E-state index contributed by atoms with van der Waals surface area (Å²) in [5, 5.41) is 3.25. The molecule has 0 aliphatic heterocycles. The molecule has 0 fully saturated rings. The van der Waals surface area contributed by atoms with E-state index in [1.807, 2.05) is 6.08 Å². The second-order valence-electron chi connectivity index (χ2n) is 5.47. The van der Waals surface area contributed by atoms with Crippen LogP contribution in [0.3, 0.4) is 0 Å². The number of nitrogens with one attached hydrogen (secondary N) is 1. The Morgan fingerprint density at radius 2 is 1.89 bits per heavy atom. The zero-order chi connectivity index (χ0) is 13.4. The molecule has 0 aliphatic rings. The van der Waals surface area contributed by atoms with Crippen LogP contribution >= 0.6 is 0 Å². The molecule has 0 aromatic heterocycles. The van der Waals surface area contributed by atoms with E-state index in [1.165, 1.54) is 5.56 Å². The highest BCUT2D eigenvalue weighted by Crippen LogP contribution is 2.24. The Morgan fingerprint density at radius 1 is 1.22 bits per heavy atom. The summed E-state index contributed by atoms with van der Waals surface area (Å²) in [7, 11) is 0. The smallest absolute Gasteiger partial charge is 0.119 e. The van der Waals surface area contributed by atoms with Crippen LogP contribution in [0.1, 0.15) is 32.8 Å². The Labute approximate surface area is 111 Å². The van der Waals surface area contributed by atoms with E-state index in [4.69, 9.17) is 4.74 Å². The molecule has 1 rings (SSSR count). The fourth-order valence-electron chi connectivity index (χ4n) is 1.64. The van der Waals surface area contributed by atoms with Gasteiger partial charge in [-0.2, -0.15) is 0 Å². The molecule has 0 heterocycles. The van der Waals surface area contributed by atoms with Gasteiger partial charge in [-0.3, -0.25) is 0 Å². The van der Waals surface area contributed by atoms with Crippen LogP contribution in [-0.2, 0) is 5.41 Å². The van der Waals surface area contributed by atoms with Crippen molar-refractivity contribution in [2.75, 3.05) is 19.7 Å². The minimum Gasteiger partial charge on any atom is -0.494 e. The van der Waals surface area contributed by atoms with Gasteiger partial charge in [0.2, 0.25) is 0 Å². The Bertz CT molecular complexity index is 348. The first-order valence-corrected chi connectivity index (χ1v) is 6.59. The molecule has 0 bridgehead atoms. The van der Waals surface area contributed by atoms with Crippen LogP contribution in [0, 0.1) is 0 Å². The van der Waals surface area contributed by atoms with Gasteiger partial charge in [-0.15, -0.1) is 6.58 Å². The predicted molar refractivity (Wildman–Crippen MR) is 78.3 cm³/mol. The van der Waals surface area contributed by atoms with Gasteiger partial charge in [0.15, 0.2) is 0 Å². The highest BCUT2D eigenvalue weighted by molar-refractivity contribution is 5.31. The second-order valence-corrected chi connectivity index (χ2v) is 5.47. The molecular formula is C16H25NO. The van der Waals surface area contributed by atoms with E-state index in [2.05, 4.69) is 56.9 Å². The molecule has 0 unspecified atom stereocenters. The number of benzene rings is 1. The zero-order valence-electron chi connectivity index (χ0n) is 11.8. The van der Waals surface area contributed by atoms with Crippen molar-refractivity contribution in [2.45, 2.75) is 32.6 Å². The monoisotopic (exact) mass is 247 g/mol. The quantitative estimate of drug-likeness (QED) is 0.588. The zero-order valence-corrected chi connectivity index (χ0v) is 11.8. The summed E-state index contributed by atoms with van der Waals surface area (Å²) >= 11 is 0. The van der Waals surface area contributed by atoms with Gasteiger partial charge in [0.1, 0.15) is 5.75 Å². The van der Waals surface area contributed by atoms with Crippen LogP contribution in [-0.4, -0.2) is 19.7 Å². The summed E-state index contributed by atoms with van der Waals surface area (Å²) in [4.78, 5) is 0. The van der Waals surface area contributed by atoms with E-state index in [9.17, 15) is 0 Å². The van der Waals surface area contributed by atoms with Gasteiger partial charge < -0.3 is 10.1 Å². The summed E-state index contributed by atoms with van der Waals surface area (Å²) in [6.45, 7) is 12.9. The summed E-state index contributed by atoms with van der Waals surface area (Å²) in [6.07, 6.45) is 2.88. The van der Waals surface area contributed by atoms with Crippen molar-refractivity contribution >= 4 is 0 Å². The van der Waals surface area contributed by atoms with E-state index >= 15 is 0 Å². The summed E-state index contributed by atoms with van der Waals surface area (Å²) in [6, 6.07) is 8.39. The van der Waals surface area contributed by atoms with E-state index < -0.39 is 0 Å². The van der Waals surface area contributed by atoms with Crippen molar-refractivity contribution in [3.63, 3.8) is 0 Å². The third kappa shape index (κ3) is 5.37. The first kappa shape index (κ1) is 14.8. The SMILES string of the molecule is C=CCNCCCOc1ccc(C(C)(C)C)cc1. The van der Waals surface area contributed by atoms with Crippen molar-refractivity contribution in [2.24, 2.45) is 0 Å². The second kappa shape index (κ2) is 7.22. The average Bonchev–Trinajstić information content (AvgIpc) is 2.33. The normalized spacial score (nSPS) is 11.3. The largest absolute Gasteiger partial charge is 0.494 e. The first-order valence-electron chi connectivity index (χ1n) is 6.59. The van der Waals surface area contributed by atoms with Gasteiger partial charge in [0.25, 0.3) is 0 Å². The average molecular weight is 247 g/mol. The van der Waals surface area contributed by atoms with Gasteiger partial charge in [-0.25, -0.2) is 0 Å². The van der Waals surface area contributed by atoms with Crippen LogP contribution in [0.2, 0.25) is 0 Å². The van der Waals surface area contributed by atoms with Crippen LogP contribution < -0.4 is 10.1 Å². The standard InChI is InChI=1S/C16H25NO/c1-5-11-17-12-6-13-18-15-9-7-14(8-10-15)16(2,3)4/h5,7-10,17H,1,6,11-13H2,2-4H3. The summed E-state index contributed by atoms with van der Waals surface area (Å²) in [5.41, 5.74) is 1.54. The molecule has 1 aromatic rings. The molecule has 2 nitrogen and oxygen atoms in total. The Balaban J connectivity index is 2.29. The van der Waals surface area contributed by atoms with Gasteiger partial charge in [0, 0.05) is 6.54 Å². The molecular weight excluding hydrogens is 222 g/mol. The highest BCUT2D eigenvalue weighted by atomic mass is 16.5. The number of hydrogen-bond donors (Lipinski definition) is 1. The highest BCUT2D eigenvalue weighted by Gasteiger charge is 2.12. The molecule has 0 atom stereocenters. The van der Waals surface area contributed by atoms with Gasteiger partial charge in [-0.05, 0) is 36.1 Å². The Kier molecular flexibility index (Phi) is 5.93. The van der Waals surface area contributed by atoms with E-state index in [1.54, 1.807) is 0 Å². The van der Waals surface area contributed by atoms with E-state index in [0.717, 1.165) is 31.9 Å². The van der Waals surface area contributed by atoms with Crippen LogP contribution in [0.5, 0.6) is 5.75 Å². The molecule has 0 spiro atoms. The third-order valence-corrected chi connectivity index (χ3v) is 2.78. The van der Waals surface area contributed by atoms with Gasteiger partial charge in [-0.1, -0.05) is 39.0 Å². The fraction of sp³-hybridized carbons (Fsp3) is 0.500. The van der Waals surface area contributed by atoms with Crippen LogP contribution in [0.4, 0.5) is 0 Å². The Hall–Kier alpha value is -1.28. The molecule has 0 aliphatic carbocycles. The lowest BCUT2D eigenvalue weighted by Crippen LogP contribution is -2.17. The maximum Gasteiger partial charge on any atom is 0.119 e. The van der Waals surface area contributed by atoms with Crippen molar-refractivity contribution in [1.82, 2.24) is 5.32 Å². The van der Waals surface area contributed by atoms with Crippen molar-refractivity contribution in [3.05, 3.63) is 42.5 Å². The first-order chi connectivity index (χ1) is 8.54. The molecule has 100 valence electrons. The van der Waals surface area contributed by atoms with Crippen molar-refractivity contribution in [1.29, 1.82) is 0 Å². The summed E-state index contributed by atoms with van der Waals surface area (Å²) in [5.74, 6) is 0.951. The number of rotatable bonds is 7. The molecule has 2 heteroatoms. The summed E-state index contributed by atoms with van der Waals surface area (Å²) < 4.78 is 5.69. The minimum absolute atomic E-state index is 0.202. The predicted octanol–water partition coefficient (Wildman–Crippen LogP) is 3.53. The lowest BCUT2D eigenvalue weighted by molar-refractivity contribution is 0.309. The number of hydrogen-bond acceptors (Lipinski definition) is 2. The molecule has 0 radical (unpaired) electrons. The minimum atomic E-state index is 0.202. The maximum atomic E-state index is 5.69. The third-order valence-electron chi connectivity index (χ3n) is 2.78.